The minimum atomic E-state index is -1.26. The average molecular weight is 597 g/mol. The van der Waals surface area contributed by atoms with Gasteiger partial charge in [0.25, 0.3) is 0 Å². The van der Waals surface area contributed by atoms with Gasteiger partial charge >= 0.3 is 23.9 Å². The summed E-state index contributed by atoms with van der Waals surface area (Å²) in [5, 5.41) is 39.8. The maximum Gasteiger partial charge on any atom is 0.328 e. The molecule has 13 heteroatoms. The quantitative estimate of drug-likeness (QED) is 0.240. The van der Waals surface area contributed by atoms with Crippen molar-refractivity contribution in [2.75, 3.05) is 26.2 Å². The normalized spacial score (nSPS) is 15.5. The van der Waals surface area contributed by atoms with E-state index in [9.17, 15) is 23.6 Å². The molecule has 0 bridgehead atoms. The maximum atomic E-state index is 13.4. The Hall–Kier alpha value is -4.88. The number of likely N-dealkylation sites (tertiary alicyclic amines) is 1. The maximum absolute atomic E-state index is 13.4. The molecule has 3 heterocycles. The molecule has 2 aromatic carbocycles. The van der Waals surface area contributed by atoms with Crippen molar-refractivity contribution < 1.29 is 44.0 Å². The smallest absolute Gasteiger partial charge is 0.328 e. The zero-order valence-corrected chi connectivity index (χ0v) is 23.2. The second-order valence-electron chi connectivity index (χ2n) is 9.91. The number of piperidine rings is 1. The molecule has 1 aromatic heterocycles. The fourth-order valence-electron chi connectivity index (χ4n) is 4.89. The summed E-state index contributed by atoms with van der Waals surface area (Å²) in [6.07, 6.45) is 4.50. The van der Waals surface area contributed by atoms with Crippen LogP contribution in [0.4, 0.5) is 4.39 Å². The summed E-state index contributed by atoms with van der Waals surface area (Å²) >= 11 is 0. The lowest BCUT2D eigenvalue weighted by Crippen LogP contribution is -2.38. The van der Waals surface area contributed by atoms with Crippen molar-refractivity contribution in [3.05, 3.63) is 89.4 Å². The van der Waals surface area contributed by atoms with E-state index in [-0.39, 0.29) is 5.82 Å². The molecule has 0 aliphatic carbocycles. The summed E-state index contributed by atoms with van der Waals surface area (Å²) < 4.78 is 13.4. The van der Waals surface area contributed by atoms with Gasteiger partial charge in [0.1, 0.15) is 5.82 Å². The molecule has 228 valence electrons. The van der Waals surface area contributed by atoms with Crippen LogP contribution in [0.15, 0.2) is 66.8 Å². The molecule has 0 spiro atoms. The molecule has 5 rings (SSSR count). The first-order valence-electron chi connectivity index (χ1n) is 13.4. The zero-order chi connectivity index (χ0) is 31.4. The number of carbonyl (C=O) groups is 4. The minimum absolute atomic E-state index is 0.223. The van der Waals surface area contributed by atoms with Crippen LogP contribution in [0.5, 0.6) is 0 Å². The summed E-state index contributed by atoms with van der Waals surface area (Å²) in [4.78, 5) is 43.3. The molecule has 0 radical (unpaired) electrons. The lowest BCUT2D eigenvalue weighted by atomic mass is 9.91. The zero-order valence-electron chi connectivity index (χ0n) is 23.2. The van der Waals surface area contributed by atoms with Gasteiger partial charge in [0.2, 0.25) is 0 Å². The number of carboxylic acids is 4. The summed E-state index contributed by atoms with van der Waals surface area (Å²) in [6.45, 7) is 6.67. The molecule has 1 saturated heterocycles. The third kappa shape index (κ3) is 10.8. The fraction of sp³-hybridized carbons (Fsp3) is 0.300. The highest BCUT2D eigenvalue weighted by atomic mass is 19.1. The van der Waals surface area contributed by atoms with E-state index in [1.807, 2.05) is 6.07 Å². The number of rotatable bonds is 8. The number of benzene rings is 2. The number of fused-ring (bicyclic) bond motifs is 2. The van der Waals surface area contributed by atoms with Crippen molar-refractivity contribution in [1.29, 1.82) is 0 Å². The molecule has 0 saturated carbocycles. The summed E-state index contributed by atoms with van der Waals surface area (Å²) in [5.74, 6) is -4.76. The third-order valence-corrected chi connectivity index (χ3v) is 6.92. The van der Waals surface area contributed by atoms with Gasteiger partial charge < -0.3 is 25.3 Å². The number of aromatic nitrogens is 2. The van der Waals surface area contributed by atoms with Crippen LogP contribution in [0.1, 0.15) is 35.6 Å². The third-order valence-electron chi connectivity index (χ3n) is 6.92. The van der Waals surface area contributed by atoms with Crippen molar-refractivity contribution in [3.63, 3.8) is 0 Å². The number of hydrogen-bond acceptors (Lipinski definition) is 7. The van der Waals surface area contributed by atoms with Crippen LogP contribution < -0.4 is 0 Å². The number of hydrogen-bond donors (Lipinski definition) is 5. The Kier molecular flexibility index (Phi) is 12.1. The van der Waals surface area contributed by atoms with Crippen molar-refractivity contribution >= 4 is 34.8 Å². The van der Waals surface area contributed by atoms with Crippen molar-refractivity contribution in [2.45, 2.75) is 31.8 Å². The Labute approximate surface area is 246 Å². The van der Waals surface area contributed by atoms with Crippen LogP contribution in [0, 0.1) is 5.82 Å². The number of nitrogens with one attached hydrogen (secondary N) is 1. The van der Waals surface area contributed by atoms with Crippen LogP contribution in [0.2, 0.25) is 0 Å². The molecule has 12 nitrogen and oxygen atoms in total. The topological polar surface area (TPSA) is 184 Å². The number of halogens is 1. The average Bonchev–Trinajstić information content (AvgIpc) is 3.58. The van der Waals surface area contributed by atoms with Gasteiger partial charge in [0.05, 0.1) is 5.52 Å². The van der Waals surface area contributed by atoms with Crippen LogP contribution in [-0.4, -0.2) is 90.5 Å². The van der Waals surface area contributed by atoms with Gasteiger partial charge in [-0.3, -0.25) is 10.00 Å². The Morgan fingerprint density at radius 3 is 1.77 bits per heavy atom. The number of aromatic amines is 1. The van der Waals surface area contributed by atoms with Gasteiger partial charge in [-0.15, -0.1) is 0 Å². The van der Waals surface area contributed by atoms with Gasteiger partial charge in [-0.2, -0.15) is 5.10 Å². The van der Waals surface area contributed by atoms with Crippen LogP contribution in [-0.2, 0) is 32.3 Å². The van der Waals surface area contributed by atoms with Crippen LogP contribution in [0.25, 0.3) is 10.9 Å². The number of nitrogens with zero attached hydrogens (tertiary/aromatic N) is 3. The van der Waals surface area contributed by atoms with Gasteiger partial charge in [-0.1, -0.05) is 24.3 Å². The van der Waals surface area contributed by atoms with E-state index in [4.69, 9.17) is 20.4 Å². The van der Waals surface area contributed by atoms with Gasteiger partial charge in [0, 0.05) is 73.5 Å². The number of aliphatic carboxylic acids is 4. The minimum Gasteiger partial charge on any atom is -0.478 e. The predicted octanol–water partition coefficient (Wildman–Crippen LogP) is 3.32. The molecular weight excluding hydrogens is 563 g/mol. The lowest BCUT2D eigenvalue weighted by molar-refractivity contribution is -0.134. The first kappa shape index (κ1) is 32.6. The summed E-state index contributed by atoms with van der Waals surface area (Å²) in [7, 11) is 0. The first-order valence-corrected chi connectivity index (χ1v) is 13.4. The molecule has 5 N–H and O–H groups in total. The Balaban J connectivity index is 0.000000263. The monoisotopic (exact) mass is 596 g/mol. The first-order chi connectivity index (χ1) is 20.5. The van der Waals surface area contributed by atoms with Gasteiger partial charge in [-0.05, 0) is 49.2 Å². The highest BCUT2D eigenvalue weighted by Gasteiger charge is 2.25. The predicted molar refractivity (Wildman–Crippen MR) is 154 cm³/mol. The van der Waals surface area contributed by atoms with E-state index in [2.05, 4.69) is 44.3 Å². The molecule has 43 heavy (non-hydrogen) atoms. The van der Waals surface area contributed by atoms with Crippen LogP contribution in [0.3, 0.4) is 0 Å². The Morgan fingerprint density at radius 1 is 0.791 bits per heavy atom. The van der Waals surface area contributed by atoms with Crippen molar-refractivity contribution in [1.82, 2.24) is 20.0 Å². The van der Waals surface area contributed by atoms with E-state index in [0.717, 1.165) is 63.0 Å². The largest absolute Gasteiger partial charge is 0.478 e. The lowest BCUT2D eigenvalue weighted by Gasteiger charge is -2.32. The van der Waals surface area contributed by atoms with E-state index >= 15 is 0 Å². The second kappa shape index (κ2) is 15.9. The molecule has 0 unspecified atom stereocenters. The van der Waals surface area contributed by atoms with Gasteiger partial charge in [-0.25, -0.2) is 23.6 Å². The van der Waals surface area contributed by atoms with E-state index in [1.165, 1.54) is 29.0 Å². The highest BCUT2D eigenvalue weighted by Crippen LogP contribution is 2.32. The molecule has 2 aliphatic heterocycles. The fourth-order valence-corrected chi connectivity index (χ4v) is 4.89. The van der Waals surface area contributed by atoms with E-state index < -0.39 is 23.9 Å². The molecule has 0 atom stereocenters. The summed E-state index contributed by atoms with van der Waals surface area (Å²) in [5.41, 5.74) is 4.89. The van der Waals surface area contributed by atoms with E-state index in [1.54, 1.807) is 0 Å². The number of H-pyrrole nitrogens is 1. The van der Waals surface area contributed by atoms with Crippen molar-refractivity contribution in [2.24, 2.45) is 0 Å². The SMILES string of the molecule is Fc1ccc2c(C3CCN(CCN4Cc5ccccc5C4)CC3)[nH]nc2c1.O=C(O)/C=C\C(=O)O.O=C(O)/C=C\C(=O)O. The molecule has 2 aliphatic rings. The molecule has 3 aromatic rings. The highest BCUT2D eigenvalue weighted by molar-refractivity contribution is 5.90. The molecule has 0 amide bonds. The molecule has 1 fully saturated rings. The summed E-state index contributed by atoms with van der Waals surface area (Å²) in [6, 6.07) is 13.7. The van der Waals surface area contributed by atoms with Crippen LogP contribution >= 0.6 is 0 Å². The van der Waals surface area contributed by atoms with Gasteiger partial charge in [0.15, 0.2) is 0 Å². The Bertz CT molecular complexity index is 1400. The standard InChI is InChI=1S/C22H25FN4.2C4H4O4/c23-19-5-6-20-21(13-19)24-25-22(20)16-7-9-26(10-8-16)11-12-27-14-17-3-1-2-4-18(17)15-27;2*5-3(6)1-2-4(7)8/h1-6,13,16H,7-12,14-15H2,(H,24,25);2*1-2H,(H,5,6)(H,7,8)/b;2*2-1-. The molecular formula is C30H33FN4O8. The number of carboxylic acid groups (broad SMARTS) is 4. The second-order valence-corrected chi connectivity index (χ2v) is 9.91. The Morgan fingerprint density at radius 2 is 1.28 bits per heavy atom. The van der Waals surface area contributed by atoms with E-state index in [0.29, 0.717) is 30.2 Å². The van der Waals surface area contributed by atoms with Crippen molar-refractivity contribution in [3.8, 4) is 0 Å².